The minimum absolute atomic E-state index is 0.0561. The number of rotatable bonds is 6. The van der Waals surface area contributed by atoms with Crippen LogP contribution < -0.4 is 10.2 Å². The minimum Gasteiger partial charge on any atom is -0.325 e. The van der Waals surface area contributed by atoms with Gasteiger partial charge in [-0.15, -0.1) is 23.1 Å². The van der Waals surface area contributed by atoms with Crippen LogP contribution >= 0.6 is 23.1 Å². The van der Waals surface area contributed by atoms with Crippen molar-refractivity contribution >= 4 is 34.7 Å². The lowest BCUT2D eigenvalue weighted by atomic mass is 10.3. The molecule has 0 aliphatic heterocycles. The number of benzene rings is 1. The number of nitrogens with one attached hydrogen (secondary N) is 2. The molecule has 2 N–H and O–H groups in total. The van der Waals surface area contributed by atoms with Crippen LogP contribution in [0.2, 0.25) is 0 Å². The quantitative estimate of drug-likeness (QED) is 0.802. The van der Waals surface area contributed by atoms with Crippen LogP contribution in [0.1, 0.15) is 4.88 Å². The average molecular weight is 307 g/mol. The summed E-state index contributed by atoms with van der Waals surface area (Å²) in [6.45, 7) is 1.36. The Morgan fingerprint density at radius 1 is 1.30 bits per heavy atom. The van der Waals surface area contributed by atoms with Crippen molar-refractivity contribution in [2.45, 2.75) is 11.4 Å². The number of carbonyl (C=O) groups excluding carboxylic acids is 1. The summed E-state index contributed by atoms with van der Waals surface area (Å²) in [6.07, 6.45) is 2.01. The number of amides is 1. The molecular weight excluding hydrogens is 288 g/mol. The van der Waals surface area contributed by atoms with Gasteiger partial charge in [0.1, 0.15) is 6.54 Å². The van der Waals surface area contributed by atoms with Gasteiger partial charge in [0.05, 0.1) is 17.6 Å². The Hall–Kier alpha value is -1.30. The molecule has 0 spiro atoms. The zero-order valence-electron chi connectivity index (χ0n) is 11.7. The lowest BCUT2D eigenvalue weighted by Gasteiger charge is -2.14. The summed E-state index contributed by atoms with van der Waals surface area (Å²) < 4.78 is 0. The van der Waals surface area contributed by atoms with Gasteiger partial charge in [-0.2, -0.15) is 0 Å². The van der Waals surface area contributed by atoms with Crippen molar-refractivity contribution in [1.82, 2.24) is 0 Å². The second-order valence-electron chi connectivity index (χ2n) is 4.64. The van der Waals surface area contributed by atoms with E-state index in [1.54, 1.807) is 23.1 Å². The first kappa shape index (κ1) is 15.1. The first-order valence-corrected chi connectivity index (χ1v) is 8.56. The molecule has 0 saturated heterocycles. The highest BCUT2D eigenvalue weighted by molar-refractivity contribution is 7.98. The van der Waals surface area contributed by atoms with Crippen LogP contribution in [0.4, 0.5) is 5.69 Å². The smallest absolute Gasteiger partial charge is 0.279 e. The molecule has 1 aromatic carbocycles. The Labute approximate surface area is 128 Å². The van der Waals surface area contributed by atoms with Crippen LogP contribution in [-0.4, -0.2) is 25.8 Å². The molecule has 0 aliphatic carbocycles. The number of hydrogen-bond acceptors (Lipinski definition) is 3. The number of para-hydroxylation sites is 1. The predicted octanol–water partition coefficient (Wildman–Crippen LogP) is 2.12. The molecule has 3 nitrogen and oxygen atoms in total. The Morgan fingerprint density at radius 3 is 2.80 bits per heavy atom. The SMILES string of the molecule is CSc1ccccc1NC(=O)C[NH+](C)Cc1cccs1. The molecule has 2 rings (SSSR count). The Bertz CT molecular complexity index is 555. The van der Waals surface area contributed by atoms with E-state index in [0.717, 1.165) is 17.1 Å². The molecule has 1 aromatic heterocycles. The maximum absolute atomic E-state index is 12.1. The molecule has 1 heterocycles. The van der Waals surface area contributed by atoms with Crippen LogP contribution in [0.3, 0.4) is 0 Å². The van der Waals surface area contributed by atoms with E-state index >= 15 is 0 Å². The van der Waals surface area contributed by atoms with Crippen molar-refractivity contribution in [3.05, 3.63) is 46.7 Å². The van der Waals surface area contributed by atoms with Crippen LogP contribution in [0.25, 0.3) is 0 Å². The van der Waals surface area contributed by atoms with E-state index in [-0.39, 0.29) is 5.91 Å². The highest BCUT2D eigenvalue weighted by Gasteiger charge is 2.12. The van der Waals surface area contributed by atoms with Crippen molar-refractivity contribution in [2.75, 3.05) is 25.2 Å². The maximum Gasteiger partial charge on any atom is 0.279 e. The number of likely N-dealkylation sites (N-methyl/N-ethyl adjacent to an activating group) is 1. The van der Waals surface area contributed by atoms with E-state index < -0.39 is 0 Å². The van der Waals surface area contributed by atoms with Gasteiger partial charge in [0.25, 0.3) is 5.91 Å². The lowest BCUT2D eigenvalue weighted by molar-refractivity contribution is -0.884. The molecule has 1 unspecified atom stereocenters. The van der Waals surface area contributed by atoms with Gasteiger partial charge in [0.15, 0.2) is 6.54 Å². The summed E-state index contributed by atoms with van der Waals surface area (Å²) >= 11 is 3.37. The first-order valence-electron chi connectivity index (χ1n) is 6.45. The van der Waals surface area contributed by atoms with Crippen molar-refractivity contribution in [2.24, 2.45) is 0 Å². The second kappa shape index (κ2) is 7.47. The zero-order chi connectivity index (χ0) is 14.4. The van der Waals surface area contributed by atoms with Gasteiger partial charge in [-0.3, -0.25) is 4.79 Å². The molecular formula is C15H19N2OS2+. The maximum atomic E-state index is 12.1. The van der Waals surface area contributed by atoms with E-state index in [0.29, 0.717) is 6.54 Å². The summed E-state index contributed by atoms with van der Waals surface area (Å²) in [4.78, 5) is 15.7. The number of quaternary nitrogens is 1. The number of carbonyl (C=O) groups is 1. The molecule has 0 radical (unpaired) electrons. The molecule has 20 heavy (non-hydrogen) atoms. The van der Waals surface area contributed by atoms with E-state index in [2.05, 4.69) is 16.8 Å². The Balaban J connectivity index is 1.88. The van der Waals surface area contributed by atoms with Crippen LogP contribution in [0, 0.1) is 0 Å². The van der Waals surface area contributed by atoms with Crippen molar-refractivity contribution in [1.29, 1.82) is 0 Å². The standard InChI is InChI=1S/C15H18N2OS2/c1-17(10-12-6-5-9-20-12)11-15(18)16-13-7-3-4-8-14(13)19-2/h3-9H,10-11H2,1-2H3,(H,16,18)/p+1. The number of thiophene rings is 1. The van der Waals surface area contributed by atoms with Gasteiger partial charge >= 0.3 is 0 Å². The molecule has 0 bridgehead atoms. The van der Waals surface area contributed by atoms with E-state index in [4.69, 9.17) is 0 Å². The molecule has 0 fully saturated rings. The fraction of sp³-hybridized carbons (Fsp3) is 0.267. The van der Waals surface area contributed by atoms with Gasteiger partial charge in [-0.1, -0.05) is 18.2 Å². The molecule has 2 aromatic rings. The van der Waals surface area contributed by atoms with E-state index in [1.807, 2.05) is 43.6 Å². The van der Waals surface area contributed by atoms with Crippen LogP contribution in [-0.2, 0) is 11.3 Å². The van der Waals surface area contributed by atoms with Crippen molar-refractivity contribution < 1.29 is 9.69 Å². The third-order valence-corrected chi connectivity index (χ3v) is 4.57. The summed E-state index contributed by atoms with van der Waals surface area (Å²) in [5.41, 5.74) is 0.897. The van der Waals surface area contributed by atoms with Gasteiger partial charge in [0, 0.05) is 4.90 Å². The fourth-order valence-electron chi connectivity index (χ4n) is 1.99. The van der Waals surface area contributed by atoms with Gasteiger partial charge in [-0.25, -0.2) is 0 Å². The third kappa shape index (κ3) is 4.37. The number of anilines is 1. The molecule has 0 aliphatic rings. The predicted molar refractivity (Wildman–Crippen MR) is 86.6 cm³/mol. The number of thioether (sulfide) groups is 1. The summed E-state index contributed by atoms with van der Waals surface area (Å²) in [6, 6.07) is 12.0. The zero-order valence-corrected chi connectivity index (χ0v) is 13.3. The molecule has 1 atom stereocenters. The van der Waals surface area contributed by atoms with Crippen molar-refractivity contribution in [3.8, 4) is 0 Å². The summed E-state index contributed by atoms with van der Waals surface area (Å²) in [7, 11) is 2.04. The topological polar surface area (TPSA) is 33.5 Å². The van der Waals surface area contributed by atoms with Crippen LogP contribution in [0.5, 0.6) is 0 Å². The Kier molecular flexibility index (Phi) is 5.64. The molecule has 5 heteroatoms. The highest BCUT2D eigenvalue weighted by Crippen LogP contribution is 2.24. The molecule has 0 saturated carbocycles. The average Bonchev–Trinajstić information content (AvgIpc) is 2.91. The lowest BCUT2D eigenvalue weighted by Crippen LogP contribution is -3.08. The summed E-state index contributed by atoms with van der Waals surface area (Å²) in [5, 5.41) is 5.06. The number of hydrogen-bond donors (Lipinski definition) is 2. The van der Waals surface area contributed by atoms with E-state index in [1.165, 1.54) is 9.78 Å². The van der Waals surface area contributed by atoms with E-state index in [9.17, 15) is 4.79 Å². The normalized spacial score (nSPS) is 12.1. The summed E-state index contributed by atoms with van der Waals surface area (Å²) in [5.74, 6) is 0.0561. The molecule has 1 amide bonds. The van der Waals surface area contributed by atoms with Gasteiger partial charge in [0.2, 0.25) is 0 Å². The Morgan fingerprint density at radius 2 is 2.10 bits per heavy atom. The third-order valence-electron chi connectivity index (χ3n) is 2.90. The van der Waals surface area contributed by atoms with Gasteiger partial charge in [-0.05, 0) is 29.8 Å². The second-order valence-corrected chi connectivity index (χ2v) is 6.52. The van der Waals surface area contributed by atoms with Crippen molar-refractivity contribution in [3.63, 3.8) is 0 Å². The largest absolute Gasteiger partial charge is 0.325 e. The first-order chi connectivity index (χ1) is 9.69. The minimum atomic E-state index is 0.0561. The fourth-order valence-corrected chi connectivity index (χ4v) is 3.36. The molecule has 106 valence electrons. The highest BCUT2D eigenvalue weighted by atomic mass is 32.2. The monoisotopic (exact) mass is 307 g/mol. The van der Waals surface area contributed by atoms with Crippen LogP contribution in [0.15, 0.2) is 46.7 Å². The van der Waals surface area contributed by atoms with Gasteiger partial charge < -0.3 is 10.2 Å².